The molecule has 0 aliphatic carbocycles. The first kappa shape index (κ1) is 28.9. The van der Waals surface area contributed by atoms with Crippen molar-refractivity contribution in [3.8, 4) is 22.8 Å². The zero-order valence-corrected chi connectivity index (χ0v) is 23.7. The number of benzene rings is 1. The van der Waals surface area contributed by atoms with E-state index < -0.39 is 0 Å². The number of rotatable bonds is 12. The molecule has 0 bridgehead atoms. The Balaban J connectivity index is 1.36. The van der Waals surface area contributed by atoms with Crippen molar-refractivity contribution in [1.29, 1.82) is 0 Å². The van der Waals surface area contributed by atoms with E-state index in [2.05, 4.69) is 33.8 Å². The van der Waals surface area contributed by atoms with Gasteiger partial charge in [-0.2, -0.15) is 0 Å². The Bertz CT molecular complexity index is 1240. The minimum Gasteiger partial charge on any atom is -0.497 e. The maximum absolute atomic E-state index is 13.2. The normalized spacial score (nSPS) is 13.4. The van der Waals surface area contributed by atoms with Crippen LogP contribution in [-0.2, 0) is 4.79 Å². The van der Waals surface area contributed by atoms with Gasteiger partial charge in [-0.1, -0.05) is 13.8 Å². The predicted molar refractivity (Wildman–Crippen MR) is 152 cm³/mol. The molecule has 0 spiro atoms. The molecule has 11 heteroatoms. The molecule has 0 N–H and O–H groups in total. The van der Waals surface area contributed by atoms with Crippen molar-refractivity contribution in [3.05, 3.63) is 54.5 Å². The number of hydrogen-bond donors (Lipinski definition) is 0. The third-order valence-corrected chi connectivity index (χ3v) is 7.22. The number of methoxy groups -OCH3 is 2. The van der Waals surface area contributed by atoms with E-state index in [1.165, 1.54) is 6.26 Å². The molecule has 0 atom stereocenters. The number of hydrogen-bond acceptors (Lipinski definition) is 9. The number of ether oxygens (including phenoxy) is 2. The molecule has 40 heavy (non-hydrogen) atoms. The van der Waals surface area contributed by atoms with Crippen LogP contribution in [0.25, 0.3) is 11.3 Å². The van der Waals surface area contributed by atoms with E-state index >= 15 is 0 Å². The van der Waals surface area contributed by atoms with E-state index in [9.17, 15) is 9.59 Å². The molecule has 1 aliphatic heterocycles. The lowest BCUT2D eigenvalue weighted by Crippen LogP contribution is -2.52. The summed E-state index contributed by atoms with van der Waals surface area (Å²) < 4.78 is 16.1. The maximum Gasteiger partial charge on any atom is 0.290 e. The molecule has 2 amide bonds. The molecule has 1 aliphatic rings. The number of aromatic nitrogens is 2. The second kappa shape index (κ2) is 13.8. The fourth-order valence-electron chi connectivity index (χ4n) is 4.71. The summed E-state index contributed by atoms with van der Waals surface area (Å²) >= 11 is 0. The van der Waals surface area contributed by atoms with E-state index in [-0.39, 0.29) is 24.1 Å². The number of anilines is 1. The van der Waals surface area contributed by atoms with E-state index in [0.29, 0.717) is 56.5 Å². The molecule has 2 aromatic heterocycles. The number of nitrogens with zero attached hydrogens (tertiary/aromatic N) is 6. The standard InChI is InChI=1S/C29H38N6O5/c1-5-32(6-2)13-14-35(29(37)25-8-7-19-40-25)21-28(36)34-17-15-33(16-18-34)27-12-11-24(30-31-27)23-10-9-22(38-3)20-26(23)39-4/h7-12,19-20H,5-6,13-18,21H2,1-4H3. The zero-order valence-electron chi connectivity index (χ0n) is 23.7. The van der Waals surface area contributed by atoms with Gasteiger partial charge in [0.2, 0.25) is 5.91 Å². The van der Waals surface area contributed by atoms with Crippen molar-refractivity contribution in [2.24, 2.45) is 0 Å². The molecule has 0 unspecified atom stereocenters. The summed E-state index contributed by atoms with van der Waals surface area (Å²) in [6, 6.07) is 12.7. The lowest BCUT2D eigenvalue weighted by atomic mass is 10.1. The van der Waals surface area contributed by atoms with Gasteiger partial charge >= 0.3 is 0 Å². The van der Waals surface area contributed by atoms with Crippen LogP contribution in [0, 0.1) is 0 Å². The highest BCUT2D eigenvalue weighted by Crippen LogP contribution is 2.32. The highest BCUT2D eigenvalue weighted by molar-refractivity contribution is 5.94. The van der Waals surface area contributed by atoms with Gasteiger partial charge < -0.3 is 33.5 Å². The summed E-state index contributed by atoms with van der Waals surface area (Å²) in [7, 11) is 3.22. The van der Waals surface area contributed by atoms with Gasteiger partial charge in [-0.15, -0.1) is 10.2 Å². The van der Waals surface area contributed by atoms with Crippen LogP contribution in [0.15, 0.2) is 53.1 Å². The molecular weight excluding hydrogens is 512 g/mol. The second-order valence-corrected chi connectivity index (χ2v) is 9.44. The molecule has 3 aromatic rings. The Morgan fingerprint density at radius 1 is 0.950 bits per heavy atom. The topological polar surface area (TPSA) is 104 Å². The molecule has 1 fully saturated rings. The van der Waals surface area contributed by atoms with Gasteiger partial charge in [-0.25, -0.2) is 0 Å². The highest BCUT2D eigenvalue weighted by Gasteiger charge is 2.27. The Morgan fingerprint density at radius 3 is 2.33 bits per heavy atom. The average Bonchev–Trinajstić information content (AvgIpc) is 3.55. The van der Waals surface area contributed by atoms with Gasteiger partial charge in [-0.3, -0.25) is 9.59 Å². The van der Waals surface area contributed by atoms with Crippen molar-refractivity contribution in [2.75, 3.05) is 78.0 Å². The van der Waals surface area contributed by atoms with Crippen molar-refractivity contribution in [3.63, 3.8) is 0 Å². The second-order valence-electron chi connectivity index (χ2n) is 9.44. The van der Waals surface area contributed by atoms with Gasteiger partial charge in [0.25, 0.3) is 5.91 Å². The van der Waals surface area contributed by atoms with Crippen LogP contribution in [0.2, 0.25) is 0 Å². The van der Waals surface area contributed by atoms with Crippen LogP contribution >= 0.6 is 0 Å². The van der Waals surface area contributed by atoms with Crippen LogP contribution < -0.4 is 14.4 Å². The average molecular weight is 551 g/mol. The Labute approximate surface area is 235 Å². The highest BCUT2D eigenvalue weighted by atomic mass is 16.5. The molecule has 0 radical (unpaired) electrons. The quantitative estimate of drug-likeness (QED) is 0.337. The first-order valence-electron chi connectivity index (χ1n) is 13.6. The summed E-state index contributed by atoms with van der Waals surface area (Å²) in [6.07, 6.45) is 1.47. The Kier molecular flexibility index (Phi) is 9.96. The fraction of sp³-hybridized carbons (Fsp3) is 0.448. The minimum absolute atomic E-state index is 0.0129. The molecule has 4 rings (SSSR count). The summed E-state index contributed by atoms with van der Waals surface area (Å²) in [4.78, 5) is 34.0. The van der Waals surface area contributed by atoms with Crippen LogP contribution in [0.1, 0.15) is 24.4 Å². The van der Waals surface area contributed by atoms with Crippen molar-refractivity contribution < 1.29 is 23.5 Å². The third kappa shape index (κ3) is 6.90. The summed E-state index contributed by atoms with van der Waals surface area (Å²) in [5.41, 5.74) is 1.52. The summed E-state index contributed by atoms with van der Waals surface area (Å²) in [5, 5.41) is 8.87. The summed E-state index contributed by atoms with van der Waals surface area (Å²) in [6.45, 7) is 9.40. The van der Waals surface area contributed by atoms with Crippen LogP contribution in [0.3, 0.4) is 0 Å². The fourth-order valence-corrected chi connectivity index (χ4v) is 4.71. The van der Waals surface area contributed by atoms with Gasteiger partial charge in [0.15, 0.2) is 11.6 Å². The molecule has 1 aromatic carbocycles. The molecule has 1 saturated heterocycles. The summed E-state index contributed by atoms with van der Waals surface area (Å²) in [5.74, 6) is 2.00. The zero-order chi connectivity index (χ0) is 28.5. The van der Waals surface area contributed by atoms with Gasteiger partial charge in [0.05, 0.1) is 26.2 Å². The van der Waals surface area contributed by atoms with Crippen molar-refractivity contribution in [1.82, 2.24) is 24.9 Å². The van der Waals surface area contributed by atoms with Gasteiger partial charge in [0, 0.05) is 50.9 Å². The minimum atomic E-state index is -0.270. The van der Waals surface area contributed by atoms with Crippen molar-refractivity contribution >= 4 is 17.6 Å². The van der Waals surface area contributed by atoms with E-state index in [1.54, 1.807) is 36.2 Å². The molecule has 11 nitrogen and oxygen atoms in total. The number of carbonyl (C=O) groups excluding carboxylic acids is 2. The van der Waals surface area contributed by atoms with Crippen LogP contribution in [-0.4, -0.2) is 110 Å². The Hall–Kier alpha value is -4.12. The van der Waals surface area contributed by atoms with Crippen LogP contribution in [0.4, 0.5) is 5.82 Å². The van der Waals surface area contributed by atoms with Crippen LogP contribution in [0.5, 0.6) is 11.5 Å². The molecule has 0 saturated carbocycles. The largest absolute Gasteiger partial charge is 0.497 e. The lowest BCUT2D eigenvalue weighted by molar-refractivity contribution is -0.132. The smallest absolute Gasteiger partial charge is 0.290 e. The number of likely N-dealkylation sites (N-methyl/N-ethyl adjacent to an activating group) is 1. The molecular formula is C29H38N6O5. The maximum atomic E-state index is 13.2. The SMILES string of the molecule is CCN(CC)CCN(CC(=O)N1CCN(c2ccc(-c3ccc(OC)cc3OC)nn2)CC1)C(=O)c1ccco1. The third-order valence-electron chi connectivity index (χ3n) is 7.22. The van der Waals surface area contributed by atoms with E-state index in [1.807, 2.05) is 30.3 Å². The van der Waals surface area contributed by atoms with Gasteiger partial charge in [0.1, 0.15) is 18.0 Å². The number of amides is 2. The first-order chi connectivity index (χ1) is 19.5. The monoisotopic (exact) mass is 550 g/mol. The number of piperazine rings is 1. The molecule has 214 valence electrons. The first-order valence-corrected chi connectivity index (χ1v) is 13.6. The van der Waals surface area contributed by atoms with E-state index in [0.717, 1.165) is 24.5 Å². The predicted octanol–water partition coefficient (Wildman–Crippen LogP) is 2.89. The van der Waals surface area contributed by atoms with Crippen molar-refractivity contribution in [2.45, 2.75) is 13.8 Å². The van der Waals surface area contributed by atoms with Gasteiger partial charge in [-0.05, 0) is 49.5 Å². The number of furan rings is 1. The lowest BCUT2D eigenvalue weighted by Gasteiger charge is -2.36. The number of carbonyl (C=O) groups is 2. The van der Waals surface area contributed by atoms with E-state index in [4.69, 9.17) is 13.9 Å². The Morgan fingerprint density at radius 2 is 1.73 bits per heavy atom. The molecule has 3 heterocycles.